The highest BCUT2D eigenvalue weighted by molar-refractivity contribution is 5.74. The van der Waals surface area contributed by atoms with Crippen LogP contribution in [0.1, 0.15) is 18.4 Å². The fraction of sp³-hybridized carbons (Fsp3) is 0.467. The maximum absolute atomic E-state index is 11.8. The number of hydrogen-bond donors (Lipinski definition) is 2. The Morgan fingerprint density at radius 2 is 2.00 bits per heavy atom. The summed E-state index contributed by atoms with van der Waals surface area (Å²) in [5.41, 5.74) is 0.878. The third kappa shape index (κ3) is 4.19. The van der Waals surface area contributed by atoms with Gasteiger partial charge in [0.25, 0.3) is 0 Å². The second kappa shape index (κ2) is 7.08. The molecular formula is C15H19NO5. The van der Waals surface area contributed by atoms with Gasteiger partial charge in [0.15, 0.2) is 0 Å². The van der Waals surface area contributed by atoms with Crippen molar-refractivity contribution in [1.82, 2.24) is 5.32 Å². The summed E-state index contributed by atoms with van der Waals surface area (Å²) in [6, 6.07) is 8.84. The molecule has 3 unspecified atom stereocenters. The van der Waals surface area contributed by atoms with Gasteiger partial charge in [-0.15, -0.1) is 0 Å². The van der Waals surface area contributed by atoms with E-state index in [9.17, 15) is 14.7 Å². The number of carbonyl (C=O) groups excluding carboxylic acids is 1. The van der Waals surface area contributed by atoms with Crippen LogP contribution in [0.15, 0.2) is 30.3 Å². The predicted octanol–water partition coefficient (Wildman–Crippen LogP) is 1.79. The number of benzene rings is 1. The van der Waals surface area contributed by atoms with Gasteiger partial charge in [-0.2, -0.15) is 0 Å². The normalized spacial score (nSPS) is 24.5. The van der Waals surface area contributed by atoms with Crippen LogP contribution in [0.25, 0.3) is 0 Å². The molecule has 2 rings (SSSR count). The lowest BCUT2D eigenvalue weighted by Gasteiger charge is -2.17. The zero-order chi connectivity index (χ0) is 15.2. The molecule has 0 radical (unpaired) electrons. The molecule has 0 spiro atoms. The molecule has 1 aromatic rings. The molecule has 0 aromatic heterocycles. The average molecular weight is 293 g/mol. The van der Waals surface area contributed by atoms with E-state index in [-0.39, 0.29) is 12.7 Å². The third-order valence-corrected chi connectivity index (χ3v) is 3.69. The number of carboxylic acid groups (broad SMARTS) is 1. The lowest BCUT2D eigenvalue weighted by Crippen LogP contribution is -2.40. The second-order valence-corrected chi connectivity index (χ2v) is 5.09. The first-order chi connectivity index (χ1) is 10.1. The molecule has 0 saturated heterocycles. The average Bonchev–Trinajstić information content (AvgIpc) is 2.89. The van der Waals surface area contributed by atoms with E-state index < -0.39 is 24.0 Å². The minimum Gasteiger partial charge on any atom is -0.481 e. The van der Waals surface area contributed by atoms with Crippen LogP contribution in [0.4, 0.5) is 4.79 Å². The Morgan fingerprint density at radius 3 is 2.62 bits per heavy atom. The van der Waals surface area contributed by atoms with Gasteiger partial charge in [0.1, 0.15) is 6.61 Å². The molecule has 1 aromatic carbocycles. The van der Waals surface area contributed by atoms with Crippen molar-refractivity contribution in [2.24, 2.45) is 5.92 Å². The zero-order valence-electron chi connectivity index (χ0n) is 11.8. The fourth-order valence-corrected chi connectivity index (χ4v) is 2.53. The molecule has 0 aliphatic heterocycles. The smallest absolute Gasteiger partial charge is 0.407 e. The van der Waals surface area contributed by atoms with Crippen LogP contribution in [-0.2, 0) is 20.9 Å². The van der Waals surface area contributed by atoms with Gasteiger partial charge in [0.05, 0.1) is 12.0 Å². The number of rotatable bonds is 5. The van der Waals surface area contributed by atoms with Gasteiger partial charge in [-0.05, 0) is 18.4 Å². The molecule has 1 amide bonds. The van der Waals surface area contributed by atoms with Crippen LogP contribution >= 0.6 is 0 Å². The first-order valence-corrected chi connectivity index (χ1v) is 6.83. The quantitative estimate of drug-likeness (QED) is 0.864. The van der Waals surface area contributed by atoms with Crippen molar-refractivity contribution in [3.63, 3.8) is 0 Å². The Morgan fingerprint density at radius 1 is 1.29 bits per heavy atom. The fourth-order valence-electron chi connectivity index (χ4n) is 2.53. The van der Waals surface area contributed by atoms with Crippen molar-refractivity contribution in [1.29, 1.82) is 0 Å². The van der Waals surface area contributed by atoms with Crippen LogP contribution in [-0.4, -0.2) is 36.4 Å². The Hall–Kier alpha value is -2.08. The van der Waals surface area contributed by atoms with Crippen LogP contribution in [0.5, 0.6) is 0 Å². The monoisotopic (exact) mass is 293 g/mol. The van der Waals surface area contributed by atoms with Gasteiger partial charge in [-0.3, -0.25) is 4.79 Å². The van der Waals surface area contributed by atoms with E-state index in [1.165, 1.54) is 0 Å². The first kappa shape index (κ1) is 15.3. The number of carbonyl (C=O) groups is 2. The van der Waals surface area contributed by atoms with E-state index in [1.807, 2.05) is 30.3 Å². The molecule has 114 valence electrons. The van der Waals surface area contributed by atoms with Crippen molar-refractivity contribution < 1.29 is 24.2 Å². The van der Waals surface area contributed by atoms with E-state index in [0.29, 0.717) is 12.8 Å². The molecular weight excluding hydrogens is 274 g/mol. The Labute approximate surface area is 123 Å². The summed E-state index contributed by atoms with van der Waals surface area (Å²) in [4.78, 5) is 23.0. The van der Waals surface area contributed by atoms with Crippen LogP contribution in [0.3, 0.4) is 0 Å². The van der Waals surface area contributed by atoms with Gasteiger partial charge in [0, 0.05) is 13.2 Å². The SMILES string of the molecule is COC1CC(NC(=O)OCc2ccccc2)C(C(=O)O)C1. The van der Waals surface area contributed by atoms with E-state index >= 15 is 0 Å². The molecule has 1 fully saturated rings. The summed E-state index contributed by atoms with van der Waals surface area (Å²) in [6.45, 7) is 0.158. The highest BCUT2D eigenvalue weighted by atomic mass is 16.5. The van der Waals surface area contributed by atoms with Crippen molar-refractivity contribution in [3.05, 3.63) is 35.9 Å². The molecule has 0 bridgehead atoms. The van der Waals surface area contributed by atoms with Gasteiger partial charge >= 0.3 is 12.1 Å². The molecule has 21 heavy (non-hydrogen) atoms. The number of methoxy groups -OCH3 is 1. The zero-order valence-corrected chi connectivity index (χ0v) is 11.8. The maximum atomic E-state index is 11.8. The van der Waals surface area contributed by atoms with Crippen molar-refractivity contribution in [2.45, 2.75) is 31.6 Å². The Bertz CT molecular complexity index is 490. The molecule has 0 heterocycles. The molecule has 1 saturated carbocycles. The number of hydrogen-bond acceptors (Lipinski definition) is 4. The van der Waals surface area contributed by atoms with Crippen LogP contribution in [0.2, 0.25) is 0 Å². The maximum Gasteiger partial charge on any atom is 0.407 e. The van der Waals surface area contributed by atoms with Crippen LogP contribution < -0.4 is 5.32 Å². The molecule has 3 atom stereocenters. The third-order valence-electron chi connectivity index (χ3n) is 3.69. The van der Waals surface area contributed by atoms with Crippen molar-refractivity contribution >= 4 is 12.1 Å². The molecule has 1 aliphatic carbocycles. The van der Waals surface area contributed by atoms with E-state index in [0.717, 1.165) is 5.56 Å². The number of aliphatic carboxylic acids is 1. The molecule has 2 N–H and O–H groups in total. The summed E-state index contributed by atoms with van der Waals surface area (Å²) in [5, 5.41) is 11.8. The van der Waals surface area contributed by atoms with Gasteiger partial charge in [-0.25, -0.2) is 4.79 Å². The molecule has 1 aliphatic rings. The number of alkyl carbamates (subject to hydrolysis) is 1. The topological polar surface area (TPSA) is 84.9 Å². The van der Waals surface area contributed by atoms with Gasteiger partial charge in [0.2, 0.25) is 0 Å². The number of amides is 1. The van der Waals surface area contributed by atoms with Gasteiger partial charge in [-0.1, -0.05) is 30.3 Å². The summed E-state index contributed by atoms with van der Waals surface area (Å²) >= 11 is 0. The summed E-state index contributed by atoms with van der Waals surface area (Å²) in [5.74, 6) is -1.57. The van der Waals surface area contributed by atoms with Gasteiger partial charge < -0.3 is 19.9 Å². The Balaban J connectivity index is 1.85. The summed E-state index contributed by atoms with van der Waals surface area (Å²) in [7, 11) is 1.54. The highest BCUT2D eigenvalue weighted by Gasteiger charge is 2.40. The van der Waals surface area contributed by atoms with E-state index in [1.54, 1.807) is 7.11 Å². The molecule has 6 heteroatoms. The summed E-state index contributed by atoms with van der Waals surface area (Å²) < 4.78 is 10.3. The van der Waals surface area contributed by atoms with E-state index in [4.69, 9.17) is 9.47 Å². The first-order valence-electron chi connectivity index (χ1n) is 6.83. The van der Waals surface area contributed by atoms with Crippen molar-refractivity contribution in [2.75, 3.05) is 7.11 Å². The lowest BCUT2D eigenvalue weighted by atomic mass is 10.0. The molecule has 6 nitrogen and oxygen atoms in total. The predicted molar refractivity (Wildman–Crippen MR) is 74.7 cm³/mol. The standard InChI is InChI=1S/C15H19NO5/c1-20-11-7-12(14(17)18)13(8-11)16-15(19)21-9-10-5-3-2-4-6-10/h2-6,11-13H,7-9H2,1H3,(H,16,19)(H,17,18). The minimum atomic E-state index is -0.928. The summed E-state index contributed by atoms with van der Waals surface area (Å²) in [6.07, 6.45) is 0.126. The number of nitrogens with one attached hydrogen (secondary N) is 1. The number of carboxylic acids is 1. The second-order valence-electron chi connectivity index (χ2n) is 5.09. The lowest BCUT2D eigenvalue weighted by molar-refractivity contribution is -0.142. The largest absolute Gasteiger partial charge is 0.481 e. The Kier molecular flexibility index (Phi) is 5.16. The minimum absolute atomic E-state index is 0.148. The highest BCUT2D eigenvalue weighted by Crippen LogP contribution is 2.28. The van der Waals surface area contributed by atoms with Crippen molar-refractivity contribution in [3.8, 4) is 0 Å². The van der Waals surface area contributed by atoms with Crippen LogP contribution in [0, 0.1) is 5.92 Å². The van der Waals surface area contributed by atoms with E-state index in [2.05, 4.69) is 5.32 Å². The number of ether oxygens (including phenoxy) is 2.